The molecule has 5 heteroatoms. The molecule has 0 aromatic heterocycles. The quantitative estimate of drug-likeness (QED) is 0.839. The summed E-state index contributed by atoms with van der Waals surface area (Å²) >= 11 is 9.49. The zero-order valence-electron chi connectivity index (χ0n) is 11.9. The average Bonchev–Trinajstić information content (AvgIpc) is 2.48. The van der Waals surface area contributed by atoms with Crippen LogP contribution < -0.4 is 15.2 Å². The minimum Gasteiger partial charge on any atom is -0.496 e. The standard InChI is InChI=1S/C16H17BrClNO2/c1-3-21-14-7-4-10(8-13(14)17)16(19)12-6-5-11(18)9-15(12)20-2/h4-9,16H,3,19H2,1-2H3. The lowest BCUT2D eigenvalue weighted by molar-refractivity contribution is 0.338. The van der Waals surface area contributed by atoms with Gasteiger partial charge in [0.25, 0.3) is 0 Å². The number of hydrogen-bond acceptors (Lipinski definition) is 3. The lowest BCUT2D eigenvalue weighted by Crippen LogP contribution is -2.13. The highest BCUT2D eigenvalue weighted by atomic mass is 79.9. The Morgan fingerprint density at radius 2 is 1.95 bits per heavy atom. The van der Waals surface area contributed by atoms with Crippen molar-refractivity contribution in [2.75, 3.05) is 13.7 Å². The molecular formula is C16H17BrClNO2. The molecule has 2 aromatic rings. The van der Waals surface area contributed by atoms with Gasteiger partial charge in [-0.15, -0.1) is 0 Å². The van der Waals surface area contributed by atoms with Gasteiger partial charge in [0.1, 0.15) is 11.5 Å². The van der Waals surface area contributed by atoms with E-state index in [1.54, 1.807) is 13.2 Å². The molecule has 0 saturated heterocycles. The number of methoxy groups -OCH3 is 1. The molecule has 0 heterocycles. The molecule has 112 valence electrons. The molecule has 3 nitrogen and oxygen atoms in total. The second-order valence-electron chi connectivity index (χ2n) is 4.49. The van der Waals surface area contributed by atoms with Gasteiger partial charge in [-0.05, 0) is 52.7 Å². The normalized spacial score (nSPS) is 12.0. The van der Waals surface area contributed by atoms with Crippen LogP contribution in [0.4, 0.5) is 0 Å². The van der Waals surface area contributed by atoms with Crippen molar-refractivity contribution in [1.82, 2.24) is 0 Å². The van der Waals surface area contributed by atoms with Crippen LogP contribution in [-0.4, -0.2) is 13.7 Å². The van der Waals surface area contributed by atoms with Crippen LogP contribution in [0, 0.1) is 0 Å². The molecular weight excluding hydrogens is 354 g/mol. The molecule has 0 bridgehead atoms. The molecule has 0 fully saturated rings. The van der Waals surface area contributed by atoms with Crippen LogP contribution in [0.15, 0.2) is 40.9 Å². The summed E-state index contributed by atoms with van der Waals surface area (Å²) in [6, 6.07) is 11.0. The molecule has 0 spiro atoms. The van der Waals surface area contributed by atoms with Crippen molar-refractivity contribution in [3.63, 3.8) is 0 Å². The van der Waals surface area contributed by atoms with E-state index in [2.05, 4.69) is 15.9 Å². The van der Waals surface area contributed by atoms with E-state index in [0.717, 1.165) is 21.3 Å². The van der Waals surface area contributed by atoms with E-state index in [1.807, 2.05) is 37.3 Å². The van der Waals surface area contributed by atoms with Gasteiger partial charge in [-0.1, -0.05) is 23.7 Å². The Bertz CT molecular complexity index is 634. The van der Waals surface area contributed by atoms with Gasteiger partial charge < -0.3 is 15.2 Å². The van der Waals surface area contributed by atoms with E-state index in [1.165, 1.54) is 0 Å². The SMILES string of the molecule is CCOc1ccc(C(N)c2ccc(Cl)cc2OC)cc1Br. The third-order valence-electron chi connectivity index (χ3n) is 3.15. The lowest BCUT2D eigenvalue weighted by atomic mass is 9.98. The van der Waals surface area contributed by atoms with E-state index in [9.17, 15) is 0 Å². The fraction of sp³-hybridized carbons (Fsp3) is 0.250. The largest absolute Gasteiger partial charge is 0.496 e. The minimum atomic E-state index is -0.302. The van der Waals surface area contributed by atoms with Crippen LogP contribution in [0.5, 0.6) is 11.5 Å². The third-order valence-corrected chi connectivity index (χ3v) is 4.00. The van der Waals surface area contributed by atoms with E-state index < -0.39 is 0 Å². The summed E-state index contributed by atoms with van der Waals surface area (Å²) in [5.41, 5.74) is 8.20. The summed E-state index contributed by atoms with van der Waals surface area (Å²) in [6.07, 6.45) is 0. The summed E-state index contributed by atoms with van der Waals surface area (Å²) in [7, 11) is 1.61. The summed E-state index contributed by atoms with van der Waals surface area (Å²) in [5, 5.41) is 0.621. The highest BCUT2D eigenvalue weighted by Crippen LogP contribution is 2.34. The predicted molar refractivity (Wildman–Crippen MR) is 89.3 cm³/mol. The molecule has 21 heavy (non-hydrogen) atoms. The maximum atomic E-state index is 6.35. The van der Waals surface area contributed by atoms with Crippen molar-refractivity contribution in [3.05, 3.63) is 57.0 Å². The lowest BCUT2D eigenvalue weighted by Gasteiger charge is -2.17. The zero-order chi connectivity index (χ0) is 15.4. The Balaban J connectivity index is 2.36. The van der Waals surface area contributed by atoms with Gasteiger partial charge in [0, 0.05) is 10.6 Å². The Kier molecular flexibility index (Phi) is 5.51. The summed E-state index contributed by atoms with van der Waals surface area (Å²) < 4.78 is 11.7. The van der Waals surface area contributed by atoms with Crippen molar-refractivity contribution in [2.45, 2.75) is 13.0 Å². The molecule has 0 saturated carbocycles. The van der Waals surface area contributed by atoms with E-state index in [4.69, 9.17) is 26.8 Å². The van der Waals surface area contributed by atoms with E-state index >= 15 is 0 Å². The molecule has 2 N–H and O–H groups in total. The van der Waals surface area contributed by atoms with Crippen molar-refractivity contribution in [3.8, 4) is 11.5 Å². The van der Waals surface area contributed by atoms with Crippen LogP contribution >= 0.6 is 27.5 Å². The molecule has 0 aliphatic carbocycles. The van der Waals surface area contributed by atoms with Gasteiger partial charge in [-0.2, -0.15) is 0 Å². The van der Waals surface area contributed by atoms with Gasteiger partial charge in [-0.25, -0.2) is 0 Å². The topological polar surface area (TPSA) is 44.5 Å². The van der Waals surface area contributed by atoms with Gasteiger partial charge >= 0.3 is 0 Å². The van der Waals surface area contributed by atoms with Crippen LogP contribution in [0.1, 0.15) is 24.1 Å². The molecule has 2 aromatic carbocycles. The molecule has 0 amide bonds. The first kappa shape index (κ1) is 16.1. The fourth-order valence-electron chi connectivity index (χ4n) is 2.10. The van der Waals surface area contributed by atoms with Crippen molar-refractivity contribution in [1.29, 1.82) is 0 Å². The smallest absolute Gasteiger partial charge is 0.133 e. The summed E-state index contributed by atoms with van der Waals surface area (Å²) in [6.45, 7) is 2.57. The monoisotopic (exact) mass is 369 g/mol. The number of benzene rings is 2. The highest BCUT2D eigenvalue weighted by molar-refractivity contribution is 9.10. The van der Waals surface area contributed by atoms with Gasteiger partial charge in [0.15, 0.2) is 0 Å². The fourth-order valence-corrected chi connectivity index (χ4v) is 2.78. The first-order valence-corrected chi connectivity index (χ1v) is 7.75. The minimum absolute atomic E-state index is 0.302. The van der Waals surface area contributed by atoms with E-state index in [0.29, 0.717) is 17.4 Å². The third kappa shape index (κ3) is 3.70. The number of rotatable bonds is 5. The Hall–Kier alpha value is -1.23. The predicted octanol–water partition coefficient (Wildman–Crippen LogP) is 4.56. The van der Waals surface area contributed by atoms with Crippen molar-refractivity contribution in [2.24, 2.45) is 5.73 Å². The molecule has 0 radical (unpaired) electrons. The number of halogens is 2. The molecule has 1 atom stereocenters. The molecule has 0 aliphatic heterocycles. The number of nitrogens with two attached hydrogens (primary N) is 1. The van der Waals surface area contributed by atoms with Crippen LogP contribution in [0.3, 0.4) is 0 Å². The first-order chi connectivity index (χ1) is 10.1. The highest BCUT2D eigenvalue weighted by Gasteiger charge is 2.16. The Morgan fingerprint density at radius 1 is 1.19 bits per heavy atom. The molecule has 0 aliphatic rings. The van der Waals surface area contributed by atoms with Crippen molar-refractivity contribution >= 4 is 27.5 Å². The first-order valence-electron chi connectivity index (χ1n) is 6.58. The van der Waals surface area contributed by atoms with Crippen LogP contribution in [0.2, 0.25) is 5.02 Å². The molecule has 1 unspecified atom stereocenters. The van der Waals surface area contributed by atoms with E-state index in [-0.39, 0.29) is 6.04 Å². The Morgan fingerprint density at radius 3 is 2.57 bits per heavy atom. The van der Waals surface area contributed by atoms with Crippen molar-refractivity contribution < 1.29 is 9.47 Å². The second kappa shape index (κ2) is 7.16. The molecule has 2 rings (SSSR count). The van der Waals surface area contributed by atoms with Gasteiger partial charge in [0.2, 0.25) is 0 Å². The number of ether oxygens (including phenoxy) is 2. The maximum absolute atomic E-state index is 6.35. The maximum Gasteiger partial charge on any atom is 0.133 e. The Labute approximate surface area is 138 Å². The summed E-state index contributed by atoms with van der Waals surface area (Å²) in [4.78, 5) is 0. The van der Waals surface area contributed by atoms with Crippen LogP contribution in [0.25, 0.3) is 0 Å². The zero-order valence-corrected chi connectivity index (χ0v) is 14.2. The average molecular weight is 371 g/mol. The van der Waals surface area contributed by atoms with Gasteiger partial charge in [-0.3, -0.25) is 0 Å². The van der Waals surface area contributed by atoms with Gasteiger partial charge in [0.05, 0.1) is 24.2 Å². The summed E-state index contributed by atoms with van der Waals surface area (Å²) in [5.74, 6) is 1.48. The second-order valence-corrected chi connectivity index (χ2v) is 5.78. The number of hydrogen-bond donors (Lipinski definition) is 1. The van der Waals surface area contributed by atoms with Crippen LogP contribution in [-0.2, 0) is 0 Å².